The lowest BCUT2D eigenvalue weighted by Gasteiger charge is -2.28. The third kappa shape index (κ3) is 3.63. The highest BCUT2D eigenvalue weighted by Gasteiger charge is 2.18. The molecule has 13 heavy (non-hydrogen) atoms. The standard InChI is InChI=1S/C10H22N2O/c1-9-5-3-2-4-6-12(9)8-10(13)7-11/h9-10,13H,2-8,11H2,1H3. The Morgan fingerprint density at radius 1 is 1.46 bits per heavy atom. The fraction of sp³-hybridized carbons (Fsp3) is 1.00. The SMILES string of the molecule is CC1CCCCCN1CC(O)CN. The summed E-state index contributed by atoms with van der Waals surface area (Å²) in [5, 5.41) is 9.45. The molecule has 0 bridgehead atoms. The summed E-state index contributed by atoms with van der Waals surface area (Å²) in [5.74, 6) is 0. The molecule has 0 saturated carbocycles. The summed E-state index contributed by atoms with van der Waals surface area (Å²) in [6.45, 7) is 4.49. The van der Waals surface area contributed by atoms with Crippen LogP contribution in [0.1, 0.15) is 32.6 Å². The van der Waals surface area contributed by atoms with Gasteiger partial charge < -0.3 is 10.8 Å². The van der Waals surface area contributed by atoms with Crippen molar-refractivity contribution in [1.29, 1.82) is 0 Å². The van der Waals surface area contributed by atoms with Crippen LogP contribution < -0.4 is 5.73 Å². The summed E-state index contributed by atoms with van der Waals surface area (Å²) >= 11 is 0. The molecule has 3 nitrogen and oxygen atoms in total. The molecule has 0 spiro atoms. The van der Waals surface area contributed by atoms with Gasteiger partial charge in [0, 0.05) is 19.1 Å². The van der Waals surface area contributed by atoms with Crippen LogP contribution in [-0.4, -0.2) is 41.8 Å². The Morgan fingerprint density at radius 2 is 2.23 bits per heavy atom. The number of nitrogens with two attached hydrogens (primary N) is 1. The van der Waals surface area contributed by atoms with Crippen LogP contribution in [0.25, 0.3) is 0 Å². The molecule has 1 aliphatic rings. The van der Waals surface area contributed by atoms with Crippen LogP contribution in [-0.2, 0) is 0 Å². The van der Waals surface area contributed by atoms with Crippen molar-refractivity contribution in [2.45, 2.75) is 44.8 Å². The number of hydrogen-bond donors (Lipinski definition) is 2. The van der Waals surface area contributed by atoms with Crippen molar-refractivity contribution in [3.05, 3.63) is 0 Å². The zero-order chi connectivity index (χ0) is 9.68. The van der Waals surface area contributed by atoms with E-state index >= 15 is 0 Å². The third-order valence-corrected chi connectivity index (χ3v) is 2.91. The molecule has 2 atom stereocenters. The van der Waals surface area contributed by atoms with Crippen LogP contribution >= 0.6 is 0 Å². The molecule has 3 heteroatoms. The first-order valence-electron chi connectivity index (χ1n) is 5.36. The molecule has 0 aliphatic carbocycles. The number of β-amino-alcohol motifs (C(OH)–C–C–N with tert-alkyl or cyclic N) is 1. The highest BCUT2D eigenvalue weighted by atomic mass is 16.3. The highest BCUT2D eigenvalue weighted by molar-refractivity contribution is 4.74. The molecule has 1 rings (SSSR count). The Balaban J connectivity index is 2.35. The minimum atomic E-state index is -0.347. The second-order valence-corrected chi connectivity index (χ2v) is 4.08. The molecule has 3 N–H and O–H groups in total. The van der Waals surface area contributed by atoms with Crippen LogP contribution in [0.5, 0.6) is 0 Å². The first kappa shape index (κ1) is 11.0. The number of aliphatic hydroxyl groups is 1. The number of likely N-dealkylation sites (tertiary alicyclic amines) is 1. The quantitative estimate of drug-likeness (QED) is 0.677. The minimum Gasteiger partial charge on any atom is -0.390 e. The fourth-order valence-electron chi connectivity index (χ4n) is 1.95. The van der Waals surface area contributed by atoms with E-state index in [9.17, 15) is 5.11 Å². The van der Waals surface area contributed by atoms with Crippen molar-refractivity contribution in [3.8, 4) is 0 Å². The maximum absolute atomic E-state index is 9.45. The third-order valence-electron chi connectivity index (χ3n) is 2.91. The van der Waals surface area contributed by atoms with Gasteiger partial charge in [-0.2, -0.15) is 0 Å². The van der Waals surface area contributed by atoms with Crippen LogP contribution in [0, 0.1) is 0 Å². The van der Waals surface area contributed by atoms with Gasteiger partial charge in [-0.25, -0.2) is 0 Å². The van der Waals surface area contributed by atoms with Gasteiger partial charge in [0.2, 0.25) is 0 Å². The molecular formula is C10H22N2O. The van der Waals surface area contributed by atoms with Crippen LogP contribution in [0.4, 0.5) is 0 Å². The summed E-state index contributed by atoms with van der Waals surface area (Å²) in [7, 11) is 0. The summed E-state index contributed by atoms with van der Waals surface area (Å²) in [6, 6.07) is 0.615. The predicted octanol–water partition coefficient (Wildman–Crippen LogP) is 0.571. The van der Waals surface area contributed by atoms with Gasteiger partial charge in [-0.05, 0) is 26.3 Å². The van der Waals surface area contributed by atoms with E-state index < -0.39 is 0 Å². The fourth-order valence-corrected chi connectivity index (χ4v) is 1.95. The molecular weight excluding hydrogens is 164 g/mol. The molecule has 1 heterocycles. The van der Waals surface area contributed by atoms with Crippen molar-refractivity contribution in [2.75, 3.05) is 19.6 Å². The normalized spacial score (nSPS) is 28.4. The average Bonchev–Trinajstić information content (AvgIpc) is 2.32. The molecule has 0 aromatic rings. The zero-order valence-corrected chi connectivity index (χ0v) is 8.58. The largest absolute Gasteiger partial charge is 0.390 e. The first-order valence-corrected chi connectivity index (χ1v) is 5.36. The molecule has 78 valence electrons. The van der Waals surface area contributed by atoms with Crippen molar-refractivity contribution >= 4 is 0 Å². The van der Waals surface area contributed by atoms with Crippen molar-refractivity contribution in [2.24, 2.45) is 5.73 Å². The summed E-state index contributed by atoms with van der Waals surface area (Å²) in [6.07, 6.45) is 4.84. The zero-order valence-electron chi connectivity index (χ0n) is 8.58. The monoisotopic (exact) mass is 186 g/mol. The van der Waals surface area contributed by atoms with Gasteiger partial charge >= 0.3 is 0 Å². The maximum atomic E-state index is 9.45. The lowest BCUT2D eigenvalue weighted by Crippen LogP contribution is -2.41. The second kappa shape index (κ2) is 5.58. The Bertz CT molecular complexity index is 141. The van der Waals surface area contributed by atoms with Crippen molar-refractivity contribution in [1.82, 2.24) is 4.90 Å². The van der Waals surface area contributed by atoms with E-state index in [0.29, 0.717) is 12.6 Å². The molecule has 1 aliphatic heterocycles. The molecule has 0 radical (unpaired) electrons. The van der Waals surface area contributed by atoms with E-state index in [4.69, 9.17) is 5.73 Å². The van der Waals surface area contributed by atoms with E-state index in [1.165, 1.54) is 25.7 Å². The number of nitrogens with zero attached hydrogens (tertiary/aromatic N) is 1. The Labute approximate surface area is 80.9 Å². The summed E-state index contributed by atoms with van der Waals surface area (Å²) < 4.78 is 0. The van der Waals surface area contributed by atoms with E-state index in [1.54, 1.807) is 0 Å². The Morgan fingerprint density at radius 3 is 2.92 bits per heavy atom. The number of hydrogen-bond acceptors (Lipinski definition) is 3. The van der Waals surface area contributed by atoms with Gasteiger partial charge in [0.05, 0.1) is 6.10 Å². The van der Waals surface area contributed by atoms with Gasteiger partial charge in [-0.1, -0.05) is 12.8 Å². The smallest absolute Gasteiger partial charge is 0.0789 e. The average molecular weight is 186 g/mol. The molecule has 1 saturated heterocycles. The van der Waals surface area contributed by atoms with Gasteiger partial charge in [0.15, 0.2) is 0 Å². The second-order valence-electron chi connectivity index (χ2n) is 4.08. The van der Waals surface area contributed by atoms with Crippen LogP contribution in [0.3, 0.4) is 0 Å². The van der Waals surface area contributed by atoms with E-state index in [1.807, 2.05) is 0 Å². The van der Waals surface area contributed by atoms with Gasteiger partial charge in [-0.3, -0.25) is 4.90 Å². The molecule has 1 fully saturated rings. The van der Waals surface area contributed by atoms with E-state index in [0.717, 1.165) is 13.1 Å². The van der Waals surface area contributed by atoms with Crippen LogP contribution in [0.15, 0.2) is 0 Å². The lowest BCUT2D eigenvalue weighted by atomic mass is 10.1. The van der Waals surface area contributed by atoms with Gasteiger partial charge in [0.1, 0.15) is 0 Å². The van der Waals surface area contributed by atoms with Gasteiger partial charge in [-0.15, -0.1) is 0 Å². The molecule has 0 amide bonds. The topological polar surface area (TPSA) is 49.5 Å². The Hall–Kier alpha value is -0.120. The minimum absolute atomic E-state index is 0.347. The number of rotatable bonds is 3. The summed E-state index contributed by atoms with van der Waals surface area (Å²) in [5.41, 5.74) is 5.40. The molecule has 0 aromatic carbocycles. The van der Waals surface area contributed by atoms with E-state index in [-0.39, 0.29) is 6.10 Å². The molecule has 2 unspecified atom stereocenters. The van der Waals surface area contributed by atoms with Crippen molar-refractivity contribution in [3.63, 3.8) is 0 Å². The first-order chi connectivity index (χ1) is 6.24. The van der Waals surface area contributed by atoms with Crippen LogP contribution in [0.2, 0.25) is 0 Å². The van der Waals surface area contributed by atoms with Gasteiger partial charge in [0.25, 0.3) is 0 Å². The van der Waals surface area contributed by atoms with Crippen molar-refractivity contribution < 1.29 is 5.11 Å². The molecule has 0 aromatic heterocycles. The number of aliphatic hydroxyl groups excluding tert-OH is 1. The maximum Gasteiger partial charge on any atom is 0.0789 e. The van der Waals surface area contributed by atoms with E-state index in [2.05, 4.69) is 11.8 Å². The highest BCUT2D eigenvalue weighted by Crippen LogP contribution is 2.16. The Kier molecular flexibility index (Phi) is 4.70. The predicted molar refractivity (Wildman–Crippen MR) is 54.6 cm³/mol. The lowest BCUT2D eigenvalue weighted by molar-refractivity contribution is 0.0981. The summed E-state index contributed by atoms with van der Waals surface area (Å²) in [4.78, 5) is 2.37.